The Morgan fingerprint density at radius 3 is 2.34 bits per heavy atom. The highest BCUT2D eigenvalue weighted by molar-refractivity contribution is 9.10. The van der Waals surface area contributed by atoms with Gasteiger partial charge in [-0.2, -0.15) is 0 Å². The molecule has 3 rings (SSSR count). The average Bonchev–Trinajstić information content (AvgIpc) is 2.69. The second-order valence-electron chi connectivity index (χ2n) is 7.09. The van der Waals surface area contributed by atoms with E-state index in [-0.39, 0.29) is 0 Å². The predicted molar refractivity (Wildman–Crippen MR) is 124 cm³/mol. The van der Waals surface area contributed by atoms with E-state index in [0.29, 0.717) is 24.7 Å². The first-order valence-electron chi connectivity index (χ1n) is 9.72. The number of nitrogens with zero attached hydrogens (tertiary/aromatic N) is 1. The maximum Gasteiger partial charge on any atom is 0.175 e. The van der Waals surface area contributed by atoms with Crippen LogP contribution in [0.2, 0.25) is 0 Å². The first kappa shape index (κ1) is 21.1. The summed E-state index contributed by atoms with van der Waals surface area (Å²) in [4.78, 5) is 4.67. The second kappa shape index (κ2) is 9.75. The summed E-state index contributed by atoms with van der Waals surface area (Å²) in [5, 5.41) is 0. The van der Waals surface area contributed by atoms with E-state index < -0.39 is 0 Å². The van der Waals surface area contributed by atoms with E-state index in [9.17, 15) is 0 Å². The smallest absolute Gasteiger partial charge is 0.175 e. The summed E-state index contributed by atoms with van der Waals surface area (Å²) >= 11 is 3.64. The number of aryl methyl sites for hydroxylation is 3. The number of benzene rings is 3. The van der Waals surface area contributed by atoms with Crippen molar-refractivity contribution in [2.24, 2.45) is 4.99 Å². The minimum atomic E-state index is 0.481. The molecule has 0 spiro atoms. The molecule has 0 aliphatic rings. The molecule has 0 unspecified atom stereocenters. The summed E-state index contributed by atoms with van der Waals surface area (Å²) in [5.74, 6) is 1.41. The van der Waals surface area contributed by atoms with Crippen molar-refractivity contribution in [3.05, 3.63) is 86.9 Å². The molecule has 0 aliphatic carbocycles. The van der Waals surface area contributed by atoms with Crippen LogP contribution in [0.3, 0.4) is 0 Å². The van der Waals surface area contributed by atoms with Gasteiger partial charge in [0.05, 0.1) is 16.8 Å². The molecule has 0 radical (unpaired) electrons. The van der Waals surface area contributed by atoms with Crippen molar-refractivity contribution in [3.63, 3.8) is 0 Å². The summed E-state index contributed by atoms with van der Waals surface area (Å²) in [6.07, 6.45) is 1.86. The van der Waals surface area contributed by atoms with Crippen molar-refractivity contribution in [1.29, 1.82) is 0 Å². The highest BCUT2D eigenvalue weighted by Crippen LogP contribution is 2.37. The van der Waals surface area contributed by atoms with Crippen LogP contribution in [0.15, 0.2) is 64.1 Å². The number of aliphatic imine (C=N–C) groups is 1. The molecule has 0 bridgehead atoms. The van der Waals surface area contributed by atoms with Crippen LogP contribution in [0.25, 0.3) is 0 Å². The topological polar surface area (TPSA) is 30.8 Å². The molecule has 0 aliphatic heterocycles. The fourth-order valence-corrected chi connectivity index (χ4v) is 3.48. The highest BCUT2D eigenvalue weighted by Gasteiger charge is 2.12. The number of hydrogen-bond donors (Lipinski definition) is 0. The first-order chi connectivity index (χ1) is 14.0. The molecule has 150 valence electrons. The largest absolute Gasteiger partial charge is 0.490 e. The number of rotatable bonds is 7. The molecule has 4 heteroatoms. The number of halogens is 1. The Bertz CT molecular complexity index is 1010. The summed E-state index contributed by atoms with van der Waals surface area (Å²) < 4.78 is 12.8. The van der Waals surface area contributed by atoms with Gasteiger partial charge in [-0.3, -0.25) is 4.99 Å². The van der Waals surface area contributed by atoms with Crippen molar-refractivity contribution in [3.8, 4) is 11.5 Å². The molecule has 0 heterocycles. The maximum atomic E-state index is 6.08. The lowest BCUT2D eigenvalue weighted by Gasteiger charge is -2.15. The van der Waals surface area contributed by atoms with Crippen LogP contribution >= 0.6 is 15.9 Å². The Balaban J connectivity index is 1.84. The zero-order valence-electron chi connectivity index (χ0n) is 17.3. The number of ether oxygens (including phenoxy) is 2. The van der Waals surface area contributed by atoms with Gasteiger partial charge < -0.3 is 9.47 Å². The highest BCUT2D eigenvalue weighted by atomic mass is 79.9. The lowest BCUT2D eigenvalue weighted by atomic mass is 10.1. The lowest BCUT2D eigenvalue weighted by Crippen LogP contribution is -2.01. The summed E-state index contributed by atoms with van der Waals surface area (Å²) in [7, 11) is 0. The van der Waals surface area contributed by atoms with Crippen molar-refractivity contribution in [2.75, 3.05) is 6.61 Å². The molecule has 0 amide bonds. The van der Waals surface area contributed by atoms with Crippen LogP contribution in [-0.4, -0.2) is 12.8 Å². The summed E-state index contributed by atoms with van der Waals surface area (Å²) in [6.45, 7) is 9.22. The summed E-state index contributed by atoms with van der Waals surface area (Å²) in [6, 6.07) is 18.6. The maximum absolute atomic E-state index is 6.08. The third-order valence-corrected chi connectivity index (χ3v) is 5.14. The molecule has 3 aromatic carbocycles. The van der Waals surface area contributed by atoms with Crippen LogP contribution in [0.4, 0.5) is 5.69 Å². The molecular formula is C25H26BrNO2. The molecule has 0 saturated carbocycles. The quantitative estimate of drug-likeness (QED) is 0.358. The zero-order valence-corrected chi connectivity index (χ0v) is 18.9. The number of hydrogen-bond acceptors (Lipinski definition) is 3. The van der Waals surface area contributed by atoms with Gasteiger partial charge in [0.25, 0.3) is 0 Å². The van der Waals surface area contributed by atoms with Gasteiger partial charge in [0, 0.05) is 6.21 Å². The fourth-order valence-electron chi connectivity index (χ4n) is 2.91. The van der Waals surface area contributed by atoms with Gasteiger partial charge in [-0.25, -0.2) is 0 Å². The van der Waals surface area contributed by atoms with Crippen molar-refractivity contribution >= 4 is 27.8 Å². The van der Waals surface area contributed by atoms with Gasteiger partial charge in [-0.15, -0.1) is 0 Å². The molecule has 0 fully saturated rings. The van der Waals surface area contributed by atoms with E-state index in [4.69, 9.17) is 9.47 Å². The molecule has 0 saturated heterocycles. The van der Waals surface area contributed by atoms with Gasteiger partial charge in [-0.1, -0.05) is 42.0 Å². The van der Waals surface area contributed by atoms with E-state index in [0.717, 1.165) is 26.9 Å². The van der Waals surface area contributed by atoms with E-state index in [1.54, 1.807) is 0 Å². The minimum Gasteiger partial charge on any atom is -0.490 e. The molecule has 0 N–H and O–H groups in total. The van der Waals surface area contributed by atoms with Gasteiger partial charge in [0.1, 0.15) is 6.61 Å². The Hall–Kier alpha value is -2.59. The van der Waals surface area contributed by atoms with Gasteiger partial charge in [0.15, 0.2) is 11.5 Å². The van der Waals surface area contributed by atoms with Crippen molar-refractivity contribution < 1.29 is 9.47 Å². The van der Waals surface area contributed by atoms with E-state index >= 15 is 0 Å². The van der Waals surface area contributed by atoms with E-state index in [1.807, 2.05) is 25.3 Å². The van der Waals surface area contributed by atoms with Crippen LogP contribution in [-0.2, 0) is 6.61 Å². The van der Waals surface area contributed by atoms with Gasteiger partial charge >= 0.3 is 0 Å². The van der Waals surface area contributed by atoms with Crippen LogP contribution in [0.5, 0.6) is 11.5 Å². The third kappa shape index (κ3) is 5.70. The SMILES string of the molecule is CCOc1cc(C=Nc2cc(C)ccc2C)cc(Br)c1OCc1ccc(C)cc1. The minimum absolute atomic E-state index is 0.481. The van der Waals surface area contributed by atoms with Gasteiger partial charge in [-0.05, 0) is 84.1 Å². The standard InChI is InChI=1S/C25H26BrNO2/c1-5-28-24-14-21(15-27-23-12-18(3)6-9-19(23)4)13-22(26)25(24)29-16-20-10-7-17(2)8-11-20/h6-15H,5,16H2,1-4H3. The van der Waals surface area contributed by atoms with Crippen molar-refractivity contribution in [2.45, 2.75) is 34.3 Å². The van der Waals surface area contributed by atoms with Crippen LogP contribution in [0.1, 0.15) is 34.7 Å². The predicted octanol–water partition coefficient (Wildman–Crippen LogP) is 7.10. The Labute approximate surface area is 181 Å². The third-order valence-electron chi connectivity index (χ3n) is 4.55. The van der Waals surface area contributed by atoms with Crippen molar-refractivity contribution in [1.82, 2.24) is 0 Å². The van der Waals surface area contributed by atoms with Crippen LogP contribution in [0, 0.1) is 20.8 Å². The molecular weight excluding hydrogens is 426 g/mol. The van der Waals surface area contributed by atoms with Gasteiger partial charge in [0.2, 0.25) is 0 Å². The molecule has 0 atom stereocenters. The Morgan fingerprint density at radius 1 is 0.897 bits per heavy atom. The monoisotopic (exact) mass is 451 g/mol. The first-order valence-corrected chi connectivity index (χ1v) is 10.5. The lowest BCUT2D eigenvalue weighted by molar-refractivity contribution is 0.267. The summed E-state index contributed by atoms with van der Waals surface area (Å²) in [5.41, 5.74) is 6.61. The Morgan fingerprint density at radius 2 is 1.62 bits per heavy atom. The van der Waals surface area contributed by atoms with Crippen LogP contribution < -0.4 is 9.47 Å². The molecule has 0 aromatic heterocycles. The van der Waals surface area contributed by atoms with E-state index in [1.165, 1.54) is 11.1 Å². The normalized spacial score (nSPS) is 11.1. The van der Waals surface area contributed by atoms with E-state index in [2.05, 4.69) is 84.2 Å². The molecule has 29 heavy (non-hydrogen) atoms. The fraction of sp³-hybridized carbons (Fsp3) is 0.240. The molecule has 3 aromatic rings. The average molecular weight is 452 g/mol. The Kier molecular flexibility index (Phi) is 7.10. The molecule has 3 nitrogen and oxygen atoms in total. The zero-order chi connectivity index (χ0) is 20.8. The second-order valence-corrected chi connectivity index (χ2v) is 7.94.